The maximum absolute atomic E-state index is 14.0. The topological polar surface area (TPSA) is 63.4 Å². The van der Waals surface area contributed by atoms with Crippen molar-refractivity contribution in [2.24, 2.45) is 5.41 Å². The third-order valence-corrected chi connectivity index (χ3v) is 5.58. The zero-order valence-electron chi connectivity index (χ0n) is 11.5. The minimum absolute atomic E-state index is 0.110. The van der Waals surface area contributed by atoms with Gasteiger partial charge in [0.15, 0.2) is 5.82 Å². The van der Waals surface area contributed by atoms with E-state index in [1.807, 2.05) is 13.8 Å². The van der Waals surface area contributed by atoms with Crippen LogP contribution in [0, 0.1) is 11.2 Å². The number of nitrogens with two attached hydrogens (primary N) is 1. The molecule has 20 heavy (non-hydrogen) atoms. The van der Waals surface area contributed by atoms with Crippen molar-refractivity contribution < 1.29 is 12.8 Å². The molecule has 0 bridgehead atoms. The monoisotopic (exact) mass is 320 g/mol. The molecule has 1 aromatic carbocycles. The van der Waals surface area contributed by atoms with E-state index in [0.29, 0.717) is 13.1 Å². The van der Waals surface area contributed by atoms with Crippen LogP contribution in [0.4, 0.5) is 10.1 Å². The van der Waals surface area contributed by atoms with E-state index < -0.39 is 20.7 Å². The molecule has 112 valence electrons. The average molecular weight is 321 g/mol. The van der Waals surface area contributed by atoms with E-state index in [9.17, 15) is 12.8 Å². The van der Waals surface area contributed by atoms with E-state index in [2.05, 4.69) is 0 Å². The fourth-order valence-electron chi connectivity index (χ4n) is 2.49. The standard InChI is InChI=1S/C13H18ClFN2O2S/c1-13(2)4-3-5-17(8-13)20(18,19)11-7-9(14)6-10(16)12(11)15/h6-7H,3-5,8,16H2,1-2H3. The number of rotatable bonds is 2. The molecule has 0 unspecified atom stereocenters. The molecule has 0 radical (unpaired) electrons. The number of sulfonamides is 1. The molecular formula is C13H18ClFN2O2S. The first-order chi connectivity index (χ1) is 9.13. The van der Waals surface area contributed by atoms with Crippen LogP contribution in [0.25, 0.3) is 0 Å². The molecule has 1 heterocycles. The molecule has 1 aromatic rings. The van der Waals surface area contributed by atoms with Crippen LogP contribution in [-0.4, -0.2) is 25.8 Å². The second-order valence-corrected chi connectivity index (χ2v) is 8.26. The summed E-state index contributed by atoms with van der Waals surface area (Å²) in [6, 6.07) is 2.32. The Morgan fingerprint density at radius 3 is 2.65 bits per heavy atom. The van der Waals surface area contributed by atoms with E-state index in [4.69, 9.17) is 17.3 Å². The summed E-state index contributed by atoms with van der Waals surface area (Å²) < 4.78 is 40.5. The van der Waals surface area contributed by atoms with Crippen LogP contribution >= 0.6 is 11.6 Å². The molecule has 7 heteroatoms. The summed E-state index contributed by atoms with van der Waals surface area (Å²) in [5, 5.41) is 0.110. The maximum atomic E-state index is 14.0. The van der Waals surface area contributed by atoms with Crippen molar-refractivity contribution in [1.82, 2.24) is 4.31 Å². The first kappa shape index (κ1) is 15.5. The predicted octanol–water partition coefficient (Wildman–Crippen LogP) is 2.87. The van der Waals surface area contributed by atoms with Gasteiger partial charge in [-0.3, -0.25) is 0 Å². The van der Waals surface area contributed by atoms with Crippen LogP contribution in [0.15, 0.2) is 17.0 Å². The Morgan fingerprint density at radius 1 is 1.40 bits per heavy atom. The van der Waals surface area contributed by atoms with Gasteiger partial charge in [-0.2, -0.15) is 4.31 Å². The number of anilines is 1. The minimum Gasteiger partial charge on any atom is -0.396 e. The highest BCUT2D eigenvalue weighted by Gasteiger charge is 2.35. The summed E-state index contributed by atoms with van der Waals surface area (Å²) in [6.07, 6.45) is 1.70. The highest BCUT2D eigenvalue weighted by Crippen LogP contribution is 2.34. The SMILES string of the molecule is CC1(C)CCCN(S(=O)(=O)c2cc(Cl)cc(N)c2F)C1. The van der Waals surface area contributed by atoms with Crippen LogP contribution in [0.5, 0.6) is 0 Å². The highest BCUT2D eigenvalue weighted by molar-refractivity contribution is 7.89. The maximum Gasteiger partial charge on any atom is 0.246 e. The summed E-state index contributed by atoms with van der Waals surface area (Å²) in [7, 11) is -3.91. The summed E-state index contributed by atoms with van der Waals surface area (Å²) in [4.78, 5) is -0.444. The van der Waals surface area contributed by atoms with Gasteiger partial charge in [0, 0.05) is 18.1 Å². The van der Waals surface area contributed by atoms with Gasteiger partial charge >= 0.3 is 0 Å². The minimum atomic E-state index is -3.91. The van der Waals surface area contributed by atoms with Crippen LogP contribution in [0.2, 0.25) is 5.02 Å². The van der Waals surface area contributed by atoms with E-state index >= 15 is 0 Å². The fraction of sp³-hybridized carbons (Fsp3) is 0.538. The first-order valence-corrected chi connectivity index (χ1v) is 8.20. The third-order valence-electron chi connectivity index (χ3n) is 3.52. The van der Waals surface area contributed by atoms with Crippen LogP contribution < -0.4 is 5.73 Å². The van der Waals surface area contributed by atoms with Crippen LogP contribution in [-0.2, 0) is 10.0 Å². The van der Waals surface area contributed by atoms with Crippen LogP contribution in [0.3, 0.4) is 0 Å². The fourth-order valence-corrected chi connectivity index (χ4v) is 4.56. The van der Waals surface area contributed by atoms with Gasteiger partial charge in [-0.05, 0) is 30.4 Å². The van der Waals surface area contributed by atoms with Gasteiger partial charge in [-0.1, -0.05) is 25.4 Å². The van der Waals surface area contributed by atoms with Gasteiger partial charge in [0.2, 0.25) is 10.0 Å². The molecule has 0 amide bonds. The quantitative estimate of drug-likeness (QED) is 0.852. The van der Waals surface area contributed by atoms with Gasteiger partial charge in [-0.25, -0.2) is 12.8 Å². The lowest BCUT2D eigenvalue weighted by molar-refractivity contribution is 0.186. The molecule has 4 nitrogen and oxygen atoms in total. The molecule has 0 atom stereocenters. The Balaban J connectivity index is 2.46. The highest BCUT2D eigenvalue weighted by atomic mass is 35.5. The zero-order valence-corrected chi connectivity index (χ0v) is 13.1. The van der Waals surface area contributed by atoms with Crippen molar-refractivity contribution in [2.45, 2.75) is 31.6 Å². The molecule has 2 rings (SSSR count). The Bertz CT molecular complexity index is 632. The van der Waals surface area contributed by atoms with Gasteiger partial charge in [0.1, 0.15) is 4.90 Å². The lowest BCUT2D eigenvalue weighted by Crippen LogP contribution is -2.43. The van der Waals surface area contributed by atoms with Crippen LogP contribution in [0.1, 0.15) is 26.7 Å². The Morgan fingerprint density at radius 2 is 2.05 bits per heavy atom. The van der Waals surface area contributed by atoms with E-state index in [0.717, 1.165) is 18.9 Å². The number of nitrogens with zero attached hydrogens (tertiary/aromatic N) is 1. The second kappa shape index (κ2) is 5.16. The Kier molecular flexibility index (Phi) is 4.01. The smallest absolute Gasteiger partial charge is 0.246 e. The number of nitrogen functional groups attached to an aromatic ring is 1. The molecule has 1 fully saturated rings. The molecule has 0 aromatic heterocycles. The molecule has 0 spiro atoms. The number of piperidine rings is 1. The lowest BCUT2D eigenvalue weighted by atomic mass is 9.85. The number of benzene rings is 1. The van der Waals surface area contributed by atoms with Crippen molar-refractivity contribution in [3.8, 4) is 0 Å². The van der Waals surface area contributed by atoms with Crippen molar-refractivity contribution >= 4 is 27.3 Å². The second-order valence-electron chi connectivity index (χ2n) is 5.91. The summed E-state index contributed by atoms with van der Waals surface area (Å²) in [6.45, 7) is 4.74. The van der Waals surface area contributed by atoms with Gasteiger partial charge in [0.25, 0.3) is 0 Å². The van der Waals surface area contributed by atoms with Crippen molar-refractivity contribution in [1.29, 1.82) is 0 Å². The number of hydrogen-bond donors (Lipinski definition) is 1. The summed E-state index contributed by atoms with van der Waals surface area (Å²) >= 11 is 5.79. The van der Waals surface area contributed by atoms with Crippen molar-refractivity contribution in [3.63, 3.8) is 0 Å². The molecule has 0 saturated carbocycles. The van der Waals surface area contributed by atoms with Gasteiger partial charge < -0.3 is 5.73 Å². The zero-order chi connectivity index (χ0) is 15.1. The molecule has 2 N–H and O–H groups in total. The van der Waals surface area contributed by atoms with Gasteiger partial charge in [0.05, 0.1) is 5.69 Å². The van der Waals surface area contributed by atoms with Crippen molar-refractivity contribution in [2.75, 3.05) is 18.8 Å². The van der Waals surface area contributed by atoms with E-state index in [1.54, 1.807) is 0 Å². The summed E-state index contributed by atoms with van der Waals surface area (Å²) in [5.74, 6) is -0.933. The van der Waals surface area contributed by atoms with E-state index in [1.165, 1.54) is 10.4 Å². The predicted molar refractivity (Wildman–Crippen MR) is 77.6 cm³/mol. The van der Waals surface area contributed by atoms with Crippen molar-refractivity contribution in [3.05, 3.63) is 23.0 Å². The lowest BCUT2D eigenvalue weighted by Gasteiger charge is -2.37. The van der Waals surface area contributed by atoms with E-state index in [-0.39, 0.29) is 16.1 Å². The average Bonchev–Trinajstić information content (AvgIpc) is 2.32. The Labute approximate surface area is 123 Å². The Hall–Kier alpha value is -0.850. The largest absolute Gasteiger partial charge is 0.396 e. The molecule has 0 aliphatic carbocycles. The molecule has 1 aliphatic heterocycles. The first-order valence-electron chi connectivity index (χ1n) is 6.38. The normalized spacial score (nSPS) is 20.0. The number of hydrogen-bond acceptors (Lipinski definition) is 3. The molecular weight excluding hydrogens is 303 g/mol. The third kappa shape index (κ3) is 2.92. The number of halogens is 2. The summed E-state index contributed by atoms with van der Waals surface area (Å²) in [5.41, 5.74) is 5.08. The van der Waals surface area contributed by atoms with Gasteiger partial charge in [-0.15, -0.1) is 0 Å². The molecule has 1 saturated heterocycles. The molecule has 1 aliphatic rings.